The van der Waals surface area contributed by atoms with Gasteiger partial charge < -0.3 is 15.0 Å². The molecule has 0 saturated heterocycles. The fourth-order valence-electron chi connectivity index (χ4n) is 2.06. The molecule has 1 aromatic rings. The van der Waals surface area contributed by atoms with Crippen LogP contribution in [0.3, 0.4) is 0 Å². The number of nitrogens with one attached hydrogen (secondary N) is 1. The average Bonchev–Trinajstić information content (AvgIpc) is 2.36. The van der Waals surface area contributed by atoms with Crippen molar-refractivity contribution < 1.29 is 4.74 Å². The molecule has 0 aliphatic carbocycles. The number of hydrogen-bond donors (Lipinski definition) is 1. The molecule has 0 saturated carbocycles. The van der Waals surface area contributed by atoms with E-state index >= 15 is 0 Å². The van der Waals surface area contributed by atoms with Crippen LogP contribution in [0.5, 0.6) is 5.75 Å². The van der Waals surface area contributed by atoms with E-state index in [0.717, 1.165) is 31.7 Å². The molecule has 1 N–H and O–H groups in total. The normalized spacial score (nSPS) is 12.7. The number of hydrogen-bond acceptors (Lipinski definition) is 3. The Bertz CT molecular complexity index is 339. The molecule has 0 aromatic heterocycles. The highest BCUT2D eigenvalue weighted by Gasteiger charge is 2.09. The summed E-state index contributed by atoms with van der Waals surface area (Å²) >= 11 is 0. The quantitative estimate of drug-likeness (QED) is 0.765. The van der Waals surface area contributed by atoms with Crippen molar-refractivity contribution >= 4 is 0 Å². The van der Waals surface area contributed by atoms with Crippen LogP contribution in [0.2, 0.25) is 0 Å². The van der Waals surface area contributed by atoms with Gasteiger partial charge in [-0.05, 0) is 57.7 Å². The molecule has 0 aliphatic heterocycles. The fraction of sp³-hybridized carbons (Fsp3) is 0.600. The van der Waals surface area contributed by atoms with Gasteiger partial charge in [0.25, 0.3) is 0 Å². The molecule has 1 aromatic carbocycles. The van der Waals surface area contributed by atoms with Crippen LogP contribution in [0, 0.1) is 0 Å². The first-order chi connectivity index (χ1) is 8.65. The molecule has 0 aliphatic rings. The van der Waals surface area contributed by atoms with Gasteiger partial charge in [-0.2, -0.15) is 0 Å². The van der Waals surface area contributed by atoms with E-state index in [9.17, 15) is 0 Å². The maximum absolute atomic E-state index is 5.27. The van der Waals surface area contributed by atoms with Crippen molar-refractivity contribution in [3.8, 4) is 5.75 Å². The van der Waals surface area contributed by atoms with Crippen molar-refractivity contribution in [3.05, 3.63) is 29.8 Å². The molecule has 3 nitrogen and oxygen atoms in total. The van der Waals surface area contributed by atoms with Gasteiger partial charge in [0, 0.05) is 6.04 Å². The number of benzene rings is 1. The lowest BCUT2D eigenvalue weighted by atomic mass is 10.0. The molecule has 0 heterocycles. The smallest absolute Gasteiger partial charge is 0.119 e. The average molecular weight is 250 g/mol. The van der Waals surface area contributed by atoms with E-state index in [2.05, 4.69) is 49.4 Å². The number of nitrogens with zero attached hydrogens (tertiary/aromatic N) is 1. The van der Waals surface area contributed by atoms with Crippen LogP contribution >= 0.6 is 0 Å². The second-order valence-electron chi connectivity index (χ2n) is 4.90. The Kier molecular flexibility index (Phi) is 6.76. The highest BCUT2D eigenvalue weighted by Crippen LogP contribution is 2.14. The van der Waals surface area contributed by atoms with Crippen LogP contribution in [0.25, 0.3) is 0 Å². The summed E-state index contributed by atoms with van der Waals surface area (Å²) in [5, 5.41) is 3.56. The van der Waals surface area contributed by atoms with Crippen molar-refractivity contribution in [2.24, 2.45) is 0 Å². The first-order valence-corrected chi connectivity index (χ1v) is 6.66. The minimum Gasteiger partial charge on any atom is -0.497 e. The second-order valence-corrected chi connectivity index (χ2v) is 4.90. The Morgan fingerprint density at radius 1 is 1.33 bits per heavy atom. The SMILES string of the molecule is CCNC(CCN(C)C)Cc1cccc(OC)c1. The predicted molar refractivity (Wildman–Crippen MR) is 77.3 cm³/mol. The van der Waals surface area contributed by atoms with Crippen LogP contribution in [-0.2, 0) is 6.42 Å². The van der Waals surface area contributed by atoms with Crippen molar-refractivity contribution in [2.45, 2.75) is 25.8 Å². The van der Waals surface area contributed by atoms with Gasteiger partial charge >= 0.3 is 0 Å². The molecule has 3 heteroatoms. The molecule has 0 bridgehead atoms. The van der Waals surface area contributed by atoms with Gasteiger partial charge in [0.2, 0.25) is 0 Å². The summed E-state index contributed by atoms with van der Waals surface area (Å²) in [6.45, 7) is 4.29. The van der Waals surface area contributed by atoms with E-state index in [-0.39, 0.29) is 0 Å². The van der Waals surface area contributed by atoms with Gasteiger partial charge in [0.05, 0.1) is 7.11 Å². The molecule has 1 unspecified atom stereocenters. The molecule has 1 rings (SSSR count). The molecular formula is C15H26N2O. The Morgan fingerprint density at radius 3 is 2.72 bits per heavy atom. The van der Waals surface area contributed by atoms with Gasteiger partial charge in [0.15, 0.2) is 0 Å². The zero-order valence-corrected chi connectivity index (χ0v) is 12.1. The van der Waals surface area contributed by atoms with E-state index in [4.69, 9.17) is 4.74 Å². The monoisotopic (exact) mass is 250 g/mol. The summed E-state index contributed by atoms with van der Waals surface area (Å²) in [5.41, 5.74) is 1.33. The van der Waals surface area contributed by atoms with Gasteiger partial charge in [-0.1, -0.05) is 19.1 Å². The zero-order chi connectivity index (χ0) is 13.4. The minimum absolute atomic E-state index is 0.532. The standard InChI is InChI=1S/C15H26N2O/c1-5-16-14(9-10-17(2)3)11-13-7-6-8-15(12-13)18-4/h6-8,12,14,16H,5,9-11H2,1-4H3. The minimum atomic E-state index is 0.532. The number of likely N-dealkylation sites (N-methyl/N-ethyl adjacent to an activating group) is 1. The van der Waals surface area contributed by atoms with Crippen molar-refractivity contribution in [1.82, 2.24) is 10.2 Å². The fourth-order valence-corrected chi connectivity index (χ4v) is 2.06. The lowest BCUT2D eigenvalue weighted by Gasteiger charge is -2.20. The maximum Gasteiger partial charge on any atom is 0.119 e. The summed E-state index contributed by atoms with van der Waals surface area (Å²) in [6.07, 6.45) is 2.22. The summed E-state index contributed by atoms with van der Waals surface area (Å²) in [7, 11) is 5.95. The van der Waals surface area contributed by atoms with Gasteiger partial charge in [-0.3, -0.25) is 0 Å². The molecule has 1 atom stereocenters. The van der Waals surface area contributed by atoms with Crippen LogP contribution in [0.4, 0.5) is 0 Å². The van der Waals surface area contributed by atoms with Gasteiger partial charge in [0.1, 0.15) is 5.75 Å². The van der Waals surface area contributed by atoms with Crippen LogP contribution in [0.15, 0.2) is 24.3 Å². The molecule has 102 valence electrons. The van der Waals surface area contributed by atoms with E-state index < -0.39 is 0 Å². The summed E-state index contributed by atoms with van der Waals surface area (Å²) in [5.74, 6) is 0.940. The van der Waals surface area contributed by atoms with E-state index in [1.165, 1.54) is 5.56 Å². The molecule has 0 spiro atoms. The van der Waals surface area contributed by atoms with Crippen molar-refractivity contribution in [3.63, 3.8) is 0 Å². The van der Waals surface area contributed by atoms with Crippen LogP contribution in [0.1, 0.15) is 18.9 Å². The third kappa shape index (κ3) is 5.52. The Morgan fingerprint density at radius 2 is 2.11 bits per heavy atom. The Labute approximate surface area is 111 Å². The van der Waals surface area contributed by atoms with Crippen molar-refractivity contribution in [1.29, 1.82) is 0 Å². The summed E-state index contributed by atoms with van der Waals surface area (Å²) < 4.78 is 5.27. The van der Waals surface area contributed by atoms with E-state index in [1.807, 2.05) is 6.07 Å². The van der Waals surface area contributed by atoms with Crippen LogP contribution < -0.4 is 10.1 Å². The Balaban J connectivity index is 2.57. The topological polar surface area (TPSA) is 24.5 Å². The first kappa shape index (κ1) is 15.0. The third-order valence-corrected chi connectivity index (χ3v) is 3.03. The van der Waals surface area contributed by atoms with Gasteiger partial charge in [-0.15, -0.1) is 0 Å². The largest absolute Gasteiger partial charge is 0.497 e. The maximum atomic E-state index is 5.27. The Hall–Kier alpha value is -1.06. The lowest BCUT2D eigenvalue weighted by molar-refractivity contribution is 0.358. The summed E-state index contributed by atoms with van der Waals surface area (Å²) in [4.78, 5) is 2.23. The molecule has 18 heavy (non-hydrogen) atoms. The highest BCUT2D eigenvalue weighted by atomic mass is 16.5. The van der Waals surface area contributed by atoms with Crippen molar-refractivity contribution in [2.75, 3.05) is 34.3 Å². The summed E-state index contributed by atoms with van der Waals surface area (Å²) in [6, 6.07) is 8.88. The number of methoxy groups -OCH3 is 1. The second kappa shape index (κ2) is 8.11. The molecule has 0 fully saturated rings. The predicted octanol–water partition coefficient (Wildman–Crippen LogP) is 2.17. The van der Waals surface area contributed by atoms with E-state index in [0.29, 0.717) is 6.04 Å². The van der Waals surface area contributed by atoms with E-state index in [1.54, 1.807) is 7.11 Å². The zero-order valence-electron chi connectivity index (χ0n) is 12.1. The van der Waals surface area contributed by atoms with Crippen LogP contribution in [-0.4, -0.2) is 45.2 Å². The number of rotatable bonds is 8. The molecule has 0 amide bonds. The van der Waals surface area contributed by atoms with Gasteiger partial charge in [-0.25, -0.2) is 0 Å². The first-order valence-electron chi connectivity index (χ1n) is 6.66. The lowest BCUT2D eigenvalue weighted by Crippen LogP contribution is -2.34. The molecular weight excluding hydrogens is 224 g/mol. The number of ether oxygens (including phenoxy) is 1. The molecule has 0 radical (unpaired) electrons. The highest BCUT2D eigenvalue weighted by molar-refractivity contribution is 5.28. The third-order valence-electron chi connectivity index (χ3n) is 3.03.